The van der Waals surface area contributed by atoms with Gasteiger partial charge in [0.2, 0.25) is 5.91 Å². The summed E-state index contributed by atoms with van der Waals surface area (Å²) in [6.45, 7) is 4.82. The Bertz CT molecular complexity index is 244. The van der Waals surface area contributed by atoms with Crippen LogP contribution in [0.15, 0.2) is 0 Å². The van der Waals surface area contributed by atoms with Crippen LogP contribution in [0.25, 0.3) is 0 Å². The first kappa shape index (κ1) is 15.9. The minimum absolute atomic E-state index is 0.0382. The number of methoxy groups -OCH3 is 1. The highest BCUT2D eigenvalue weighted by Gasteiger charge is 2.19. The van der Waals surface area contributed by atoms with E-state index in [2.05, 4.69) is 0 Å². The van der Waals surface area contributed by atoms with Gasteiger partial charge in [0, 0.05) is 20.2 Å². The summed E-state index contributed by atoms with van der Waals surface area (Å²) in [5, 5.41) is 8.77. The highest BCUT2D eigenvalue weighted by atomic mass is 16.5. The fourth-order valence-corrected chi connectivity index (χ4v) is 1.21. The number of hydrogen-bond acceptors (Lipinski definition) is 4. The molecule has 100 valence electrons. The molecule has 0 aliphatic rings. The first-order valence-electron chi connectivity index (χ1n) is 5.60. The van der Waals surface area contributed by atoms with Gasteiger partial charge in [-0.25, -0.2) is 0 Å². The SMILES string of the molecule is CCN(CC(C)C(=O)O)C(=O)COCCOC. The number of ether oxygens (including phenoxy) is 2. The third-order valence-electron chi connectivity index (χ3n) is 2.31. The van der Waals surface area contributed by atoms with Crippen LogP contribution >= 0.6 is 0 Å². The first-order valence-corrected chi connectivity index (χ1v) is 5.60. The van der Waals surface area contributed by atoms with E-state index in [1.807, 2.05) is 6.92 Å². The molecule has 0 aliphatic heterocycles. The number of likely N-dealkylation sites (N-methyl/N-ethyl adjacent to an activating group) is 1. The normalized spacial score (nSPS) is 12.2. The molecule has 6 nitrogen and oxygen atoms in total. The van der Waals surface area contributed by atoms with E-state index >= 15 is 0 Å². The molecule has 0 radical (unpaired) electrons. The van der Waals surface area contributed by atoms with Gasteiger partial charge >= 0.3 is 5.97 Å². The predicted molar refractivity (Wildman–Crippen MR) is 61.7 cm³/mol. The van der Waals surface area contributed by atoms with Crippen LogP contribution in [0, 0.1) is 5.92 Å². The number of amides is 1. The van der Waals surface area contributed by atoms with Gasteiger partial charge in [0.25, 0.3) is 0 Å². The molecule has 0 saturated heterocycles. The van der Waals surface area contributed by atoms with Gasteiger partial charge in [0.1, 0.15) is 6.61 Å². The number of carboxylic acid groups (broad SMARTS) is 1. The van der Waals surface area contributed by atoms with Crippen molar-refractivity contribution in [3.63, 3.8) is 0 Å². The number of rotatable bonds is 9. The van der Waals surface area contributed by atoms with Crippen LogP contribution in [-0.2, 0) is 19.1 Å². The van der Waals surface area contributed by atoms with Gasteiger partial charge in [0.15, 0.2) is 0 Å². The zero-order valence-corrected chi connectivity index (χ0v) is 10.6. The lowest BCUT2D eigenvalue weighted by Gasteiger charge is -2.22. The molecule has 6 heteroatoms. The summed E-state index contributed by atoms with van der Waals surface area (Å²) in [5.41, 5.74) is 0. The predicted octanol–water partition coefficient (Wildman–Crippen LogP) is 0.219. The molecule has 0 spiro atoms. The van der Waals surface area contributed by atoms with Crippen molar-refractivity contribution in [1.29, 1.82) is 0 Å². The maximum absolute atomic E-state index is 11.7. The van der Waals surface area contributed by atoms with Crippen LogP contribution in [-0.4, -0.2) is 61.9 Å². The Morgan fingerprint density at radius 3 is 2.47 bits per heavy atom. The molecule has 0 saturated carbocycles. The summed E-state index contributed by atoms with van der Waals surface area (Å²) < 4.78 is 9.88. The van der Waals surface area contributed by atoms with Crippen molar-refractivity contribution in [2.45, 2.75) is 13.8 Å². The van der Waals surface area contributed by atoms with E-state index in [1.54, 1.807) is 14.0 Å². The largest absolute Gasteiger partial charge is 0.481 e. The van der Waals surface area contributed by atoms with E-state index in [9.17, 15) is 9.59 Å². The summed E-state index contributed by atoms with van der Waals surface area (Å²) in [7, 11) is 1.55. The first-order chi connectivity index (χ1) is 8.02. The minimum Gasteiger partial charge on any atom is -0.481 e. The molecule has 1 amide bonds. The Hall–Kier alpha value is -1.14. The highest BCUT2D eigenvalue weighted by molar-refractivity contribution is 5.78. The van der Waals surface area contributed by atoms with Crippen LogP contribution in [0.4, 0.5) is 0 Å². The summed E-state index contributed by atoms with van der Waals surface area (Å²) >= 11 is 0. The lowest BCUT2D eigenvalue weighted by Crippen LogP contribution is -2.39. The maximum Gasteiger partial charge on any atom is 0.308 e. The van der Waals surface area contributed by atoms with Crippen LogP contribution in [0.2, 0.25) is 0 Å². The van der Waals surface area contributed by atoms with Crippen molar-refractivity contribution >= 4 is 11.9 Å². The average Bonchev–Trinajstić information content (AvgIpc) is 2.30. The summed E-state index contributed by atoms with van der Waals surface area (Å²) in [6, 6.07) is 0. The molecule has 0 rings (SSSR count). The molecule has 17 heavy (non-hydrogen) atoms. The van der Waals surface area contributed by atoms with Crippen LogP contribution < -0.4 is 0 Å². The Kier molecular flexibility index (Phi) is 8.35. The lowest BCUT2D eigenvalue weighted by molar-refractivity contribution is -0.144. The molecule has 0 fully saturated rings. The Labute approximate surface area is 101 Å². The molecule has 0 bridgehead atoms. The van der Waals surface area contributed by atoms with Gasteiger partial charge in [-0.3, -0.25) is 9.59 Å². The second kappa shape index (κ2) is 8.95. The van der Waals surface area contributed by atoms with Gasteiger partial charge in [-0.15, -0.1) is 0 Å². The van der Waals surface area contributed by atoms with Gasteiger partial charge in [-0.05, 0) is 6.92 Å². The van der Waals surface area contributed by atoms with Crippen molar-refractivity contribution in [2.24, 2.45) is 5.92 Å². The third kappa shape index (κ3) is 6.91. The maximum atomic E-state index is 11.7. The van der Waals surface area contributed by atoms with Gasteiger partial charge < -0.3 is 19.5 Å². The number of carbonyl (C=O) groups is 2. The number of nitrogens with zero attached hydrogens (tertiary/aromatic N) is 1. The average molecular weight is 247 g/mol. The van der Waals surface area contributed by atoms with Crippen molar-refractivity contribution in [3.05, 3.63) is 0 Å². The second-order valence-electron chi connectivity index (χ2n) is 3.72. The Morgan fingerprint density at radius 1 is 1.35 bits per heavy atom. The second-order valence-corrected chi connectivity index (χ2v) is 3.72. The molecule has 0 heterocycles. The van der Waals surface area contributed by atoms with Crippen LogP contribution in [0.5, 0.6) is 0 Å². The summed E-state index contributed by atoms with van der Waals surface area (Å²) in [4.78, 5) is 23.8. The van der Waals surface area contributed by atoms with E-state index in [4.69, 9.17) is 14.6 Å². The van der Waals surface area contributed by atoms with Crippen molar-refractivity contribution in [3.8, 4) is 0 Å². The standard InChI is InChI=1S/C11H21NO5/c1-4-12(7-9(2)11(14)15)10(13)8-17-6-5-16-3/h9H,4-8H2,1-3H3,(H,14,15). The molecule has 1 atom stereocenters. The Balaban J connectivity index is 3.99. The van der Waals surface area contributed by atoms with Crippen molar-refractivity contribution < 1.29 is 24.2 Å². The summed E-state index contributed by atoms with van der Waals surface area (Å²) in [6.07, 6.45) is 0. The smallest absolute Gasteiger partial charge is 0.308 e. The molecular weight excluding hydrogens is 226 g/mol. The van der Waals surface area contributed by atoms with E-state index < -0.39 is 11.9 Å². The van der Waals surface area contributed by atoms with Crippen molar-refractivity contribution in [2.75, 3.05) is 40.0 Å². The van der Waals surface area contributed by atoms with Gasteiger partial charge in [0.05, 0.1) is 19.1 Å². The fourth-order valence-electron chi connectivity index (χ4n) is 1.21. The monoisotopic (exact) mass is 247 g/mol. The van der Waals surface area contributed by atoms with E-state index in [0.29, 0.717) is 19.8 Å². The van der Waals surface area contributed by atoms with Crippen LogP contribution in [0.1, 0.15) is 13.8 Å². The highest BCUT2D eigenvalue weighted by Crippen LogP contribution is 2.01. The molecular formula is C11H21NO5. The van der Waals surface area contributed by atoms with Crippen molar-refractivity contribution in [1.82, 2.24) is 4.90 Å². The van der Waals surface area contributed by atoms with E-state index in [1.165, 1.54) is 4.90 Å². The van der Waals surface area contributed by atoms with E-state index in [-0.39, 0.29) is 19.1 Å². The molecule has 0 aromatic rings. The van der Waals surface area contributed by atoms with Gasteiger partial charge in [-0.1, -0.05) is 6.92 Å². The molecule has 0 aromatic carbocycles. The zero-order chi connectivity index (χ0) is 13.3. The fraction of sp³-hybridized carbons (Fsp3) is 0.818. The number of aliphatic carboxylic acids is 1. The molecule has 0 aromatic heterocycles. The number of carbonyl (C=O) groups excluding carboxylic acids is 1. The number of carboxylic acids is 1. The quantitative estimate of drug-likeness (QED) is 0.590. The minimum atomic E-state index is -0.906. The van der Waals surface area contributed by atoms with Crippen LogP contribution in [0.3, 0.4) is 0 Å². The zero-order valence-electron chi connectivity index (χ0n) is 10.6. The Morgan fingerprint density at radius 2 is 2.00 bits per heavy atom. The molecule has 1 N–H and O–H groups in total. The van der Waals surface area contributed by atoms with E-state index in [0.717, 1.165) is 0 Å². The van der Waals surface area contributed by atoms with Gasteiger partial charge in [-0.2, -0.15) is 0 Å². The summed E-state index contributed by atoms with van der Waals surface area (Å²) in [5.74, 6) is -1.67. The third-order valence-corrected chi connectivity index (χ3v) is 2.31. The topological polar surface area (TPSA) is 76.1 Å². The molecule has 1 unspecified atom stereocenters. The molecule has 0 aliphatic carbocycles. The lowest BCUT2D eigenvalue weighted by atomic mass is 10.1. The number of hydrogen-bond donors (Lipinski definition) is 1.